The van der Waals surface area contributed by atoms with Gasteiger partial charge in [0.15, 0.2) is 5.78 Å². The lowest BCUT2D eigenvalue weighted by molar-refractivity contribution is -0.150. The quantitative estimate of drug-likeness (QED) is 0.276. The number of methoxy groups -OCH3 is 1. The topological polar surface area (TPSA) is 120 Å². The fourth-order valence-electron chi connectivity index (χ4n) is 4.13. The minimum absolute atomic E-state index is 0.00260. The number of ketones is 1. The molecule has 2 aromatic carbocycles. The van der Waals surface area contributed by atoms with Crippen LogP contribution in [0.1, 0.15) is 42.1 Å². The molecule has 9 nitrogen and oxygen atoms in total. The van der Waals surface area contributed by atoms with E-state index in [4.69, 9.17) is 13.9 Å². The van der Waals surface area contributed by atoms with E-state index >= 15 is 0 Å². The van der Waals surface area contributed by atoms with Gasteiger partial charge in [-0.2, -0.15) is 4.31 Å². The smallest absolute Gasteiger partial charge is 0.336 e. The maximum absolute atomic E-state index is 13.3. The molecule has 4 rings (SSSR count). The zero-order valence-electron chi connectivity index (χ0n) is 19.4. The van der Waals surface area contributed by atoms with Crippen LogP contribution in [-0.2, 0) is 26.2 Å². The molecule has 0 bridgehead atoms. The van der Waals surface area contributed by atoms with Gasteiger partial charge in [-0.25, -0.2) is 13.2 Å². The van der Waals surface area contributed by atoms with Gasteiger partial charge in [0.25, 0.3) is 0 Å². The van der Waals surface area contributed by atoms with E-state index in [-0.39, 0.29) is 23.8 Å². The van der Waals surface area contributed by atoms with Gasteiger partial charge in [0.2, 0.25) is 10.0 Å². The van der Waals surface area contributed by atoms with E-state index in [9.17, 15) is 22.8 Å². The predicted octanol–water partition coefficient (Wildman–Crippen LogP) is 3.29. The average Bonchev–Trinajstić information content (AvgIpc) is 2.86. The first kappa shape index (κ1) is 24.6. The lowest BCUT2D eigenvalue weighted by atomic mass is 10.1. The molecule has 0 radical (unpaired) electrons. The van der Waals surface area contributed by atoms with Gasteiger partial charge in [-0.1, -0.05) is 12.1 Å². The van der Waals surface area contributed by atoms with Gasteiger partial charge in [-0.3, -0.25) is 9.59 Å². The lowest BCUT2D eigenvalue weighted by Crippen LogP contribution is -2.48. The molecule has 184 valence electrons. The number of sulfonamides is 1. The molecule has 2 heterocycles. The van der Waals surface area contributed by atoms with Crippen LogP contribution >= 0.6 is 0 Å². The third kappa shape index (κ3) is 5.13. The number of esters is 1. The largest absolute Gasteiger partial charge is 0.497 e. The number of ether oxygens (including phenoxy) is 2. The highest BCUT2D eigenvalue weighted by Crippen LogP contribution is 2.28. The van der Waals surface area contributed by atoms with Crippen LogP contribution in [0.25, 0.3) is 11.0 Å². The van der Waals surface area contributed by atoms with Crippen LogP contribution in [0.15, 0.2) is 62.6 Å². The summed E-state index contributed by atoms with van der Waals surface area (Å²) >= 11 is 0. The number of piperidine rings is 1. The zero-order valence-corrected chi connectivity index (χ0v) is 20.2. The van der Waals surface area contributed by atoms with Gasteiger partial charge in [-0.15, -0.1) is 0 Å². The van der Waals surface area contributed by atoms with Crippen LogP contribution in [0.3, 0.4) is 0 Å². The summed E-state index contributed by atoms with van der Waals surface area (Å²) in [7, 11) is -2.50. The Labute approximate surface area is 202 Å². The molecule has 1 aliphatic heterocycles. The Morgan fingerprint density at radius 3 is 2.51 bits per heavy atom. The average molecular weight is 500 g/mol. The van der Waals surface area contributed by atoms with Crippen LogP contribution < -0.4 is 10.4 Å². The van der Waals surface area contributed by atoms with Crippen molar-refractivity contribution in [2.45, 2.75) is 43.7 Å². The zero-order chi connectivity index (χ0) is 25.2. The second kappa shape index (κ2) is 10.0. The van der Waals surface area contributed by atoms with Gasteiger partial charge in [0.05, 0.1) is 12.0 Å². The van der Waals surface area contributed by atoms with Gasteiger partial charge >= 0.3 is 11.6 Å². The van der Waals surface area contributed by atoms with E-state index in [2.05, 4.69) is 0 Å². The van der Waals surface area contributed by atoms with Crippen molar-refractivity contribution < 1.29 is 31.9 Å². The standard InChI is InChI=1S/C25H25NO8S/c1-16(27)17-6-9-20(10-7-17)35(30,31)26-12-4-3-5-22(26)25(29)33-15-18-13-24(28)34-23-14-19(32-2)8-11-21(18)23/h6-11,13-14,22H,3-5,12,15H2,1-2H3/t22-/m0/s1. The Kier molecular flexibility index (Phi) is 7.04. The second-order valence-electron chi connectivity index (χ2n) is 8.27. The van der Waals surface area contributed by atoms with Gasteiger partial charge in [0, 0.05) is 35.2 Å². The molecule has 1 saturated heterocycles. The molecule has 10 heteroatoms. The Balaban J connectivity index is 1.55. The summed E-state index contributed by atoms with van der Waals surface area (Å²) < 4.78 is 43.6. The minimum Gasteiger partial charge on any atom is -0.497 e. The summed E-state index contributed by atoms with van der Waals surface area (Å²) in [6, 6.07) is 10.8. The third-order valence-electron chi connectivity index (χ3n) is 6.00. The first-order valence-electron chi connectivity index (χ1n) is 11.1. The molecule has 1 aliphatic rings. The predicted molar refractivity (Wildman–Crippen MR) is 127 cm³/mol. The van der Waals surface area contributed by atoms with E-state index in [1.54, 1.807) is 18.2 Å². The summed E-state index contributed by atoms with van der Waals surface area (Å²) in [5.41, 5.74) is 0.527. The van der Waals surface area contributed by atoms with Crippen molar-refractivity contribution in [1.29, 1.82) is 0 Å². The number of rotatable bonds is 7. The maximum Gasteiger partial charge on any atom is 0.336 e. The van der Waals surface area contributed by atoms with Gasteiger partial charge in [0.1, 0.15) is 24.0 Å². The first-order chi connectivity index (χ1) is 16.7. The molecule has 35 heavy (non-hydrogen) atoms. The fourth-order valence-corrected chi connectivity index (χ4v) is 5.77. The number of carbonyl (C=O) groups is 2. The van der Waals surface area contributed by atoms with Crippen molar-refractivity contribution >= 4 is 32.7 Å². The Morgan fingerprint density at radius 2 is 1.83 bits per heavy atom. The molecule has 1 aromatic heterocycles. The molecular weight excluding hydrogens is 474 g/mol. The Morgan fingerprint density at radius 1 is 1.09 bits per heavy atom. The molecule has 0 unspecified atom stereocenters. The molecule has 0 spiro atoms. The monoisotopic (exact) mass is 499 g/mol. The summed E-state index contributed by atoms with van der Waals surface area (Å²) in [5.74, 6) is -0.355. The molecule has 1 fully saturated rings. The summed E-state index contributed by atoms with van der Waals surface area (Å²) in [4.78, 5) is 36.6. The molecule has 0 amide bonds. The van der Waals surface area contributed by atoms with Crippen molar-refractivity contribution in [3.63, 3.8) is 0 Å². The highest BCUT2D eigenvalue weighted by Gasteiger charge is 2.38. The third-order valence-corrected chi connectivity index (χ3v) is 7.92. The van der Waals surface area contributed by atoms with E-state index in [1.807, 2.05) is 0 Å². The number of fused-ring (bicyclic) bond motifs is 1. The van der Waals surface area contributed by atoms with Gasteiger partial charge in [-0.05, 0) is 50.5 Å². The number of benzene rings is 2. The van der Waals surface area contributed by atoms with E-state index in [1.165, 1.54) is 44.4 Å². The Hall–Kier alpha value is -3.50. The normalized spacial score (nSPS) is 16.7. The van der Waals surface area contributed by atoms with E-state index in [0.29, 0.717) is 47.1 Å². The van der Waals surface area contributed by atoms with Crippen LogP contribution in [0, 0.1) is 0 Å². The van der Waals surface area contributed by atoms with Crippen molar-refractivity contribution in [2.24, 2.45) is 0 Å². The maximum atomic E-state index is 13.3. The van der Waals surface area contributed by atoms with Gasteiger partial charge < -0.3 is 13.9 Å². The lowest BCUT2D eigenvalue weighted by Gasteiger charge is -2.33. The number of carbonyl (C=O) groups excluding carboxylic acids is 2. The molecule has 3 aromatic rings. The first-order valence-corrected chi connectivity index (χ1v) is 12.5. The number of hydrogen-bond donors (Lipinski definition) is 0. The minimum atomic E-state index is -3.99. The van der Waals surface area contributed by atoms with E-state index < -0.39 is 27.7 Å². The fraction of sp³-hybridized carbons (Fsp3) is 0.320. The molecular formula is C25H25NO8S. The number of hydrogen-bond acceptors (Lipinski definition) is 8. The van der Waals surface area contributed by atoms with E-state index in [0.717, 1.165) is 4.31 Å². The molecule has 0 N–H and O–H groups in total. The highest BCUT2D eigenvalue weighted by molar-refractivity contribution is 7.89. The SMILES string of the molecule is COc1ccc2c(COC(=O)[C@@H]3CCCCN3S(=O)(=O)c3ccc(C(C)=O)cc3)cc(=O)oc2c1. The van der Waals surface area contributed by atoms with Crippen molar-refractivity contribution in [2.75, 3.05) is 13.7 Å². The van der Waals surface area contributed by atoms with Crippen LogP contribution in [0.5, 0.6) is 5.75 Å². The van der Waals surface area contributed by atoms with Crippen molar-refractivity contribution in [3.8, 4) is 5.75 Å². The highest BCUT2D eigenvalue weighted by atomic mass is 32.2. The van der Waals surface area contributed by atoms with Crippen LogP contribution in [-0.4, -0.2) is 44.2 Å². The van der Waals surface area contributed by atoms with Crippen molar-refractivity contribution in [1.82, 2.24) is 4.31 Å². The second-order valence-corrected chi connectivity index (χ2v) is 10.2. The molecule has 0 saturated carbocycles. The summed E-state index contributed by atoms with van der Waals surface area (Å²) in [6.07, 6.45) is 1.60. The van der Waals surface area contributed by atoms with Crippen molar-refractivity contribution in [3.05, 3.63) is 70.1 Å². The molecule has 0 aliphatic carbocycles. The summed E-state index contributed by atoms with van der Waals surface area (Å²) in [5, 5.41) is 0.580. The summed E-state index contributed by atoms with van der Waals surface area (Å²) in [6.45, 7) is 1.36. The molecule has 1 atom stereocenters. The van der Waals surface area contributed by atoms with Crippen LogP contribution in [0.4, 0.5) is 0 Å². The Bertz CT molecular complexity index is 1430. The number of Topliss-reactive ketones (excluding diaryl/α,β-unsaturated/α-hetero) is 1. The van der Waals surface area contributed by atoms with Crippen LogP contribution in [0.2, 0.25) is 0 Å². The number of nitrogens with zero attached hydrogens (tertiary/aromatic N) is 1.